The fourth-order valence-electron chi connectivity index (χ4n) is 1.80. The van der Waals surface area contributed by atoms with Gasteiger partial charge in [-0.05, 0) is 24.3 Å². The maximum atomic E-state index is 12.1. The van der Waals surface area contributed by atoms with Crippen LogP contribution < -0.4 is 4.74 Å². The Morgan fingerprint density at radius 1 is 0.950 bits per heavy atom. The average Bonchev–Trinajstić information content (AvgIpc) is 2.48. The van der Waals surface area contributed by atoms with E-state index in [9.17, 15) is 9.59 Å². The molecule has 2 rings (SSSR count). The number of ketones is 2. The summed E-state index contributed by atoms with van der Waals surface area (Å²) in [6.07, 6.45) is 0.291. The van der Waals surface area contributed by atoms with Gasteiger partial charge in [-0.15, -0.1) is 0 Å². The molecule has 0 heterocycles. The van der Waals surface area contributed by atoms with E-state index in [1.807, 2.05) is 30.3 Å². The first-order chi connectivity index (χ1) is 9.70. The van der Waals surface area contributed by atoms with Gasteiger partial charge in [-0.1, -0.05) is 37.3 Å². The van der Waals surface area contributed by atoms with E-state index in [0.717, 1.165) is 0 Å². The Kier molecular flexibility index (Phi) is 4.66. The number of hydrogen-bond donors (Lipinski definition) is 0. The number of rotatable bonds is 6. The highest BCUT2D eigenvalue weighted by Crippen LogP contribution is 2.26. The fraction of sp³-hybridized carbons (Fsp3) is 0.176. The Labute approximate surface area is 118 Å². The van der Waals surface area contributed by atoms with Gasteiger partial charge in [0.25, 0.3) is 0 Å². The molecule has 0 saturated carbocycles. The molecule has 0 fully saturated rings. The lowest BCUT2D eigenvalue weighted by molar-refractivity contribution is -0.117. The zero-order valence-corrected chi connectivity index (χ0v) is 11.3. The van der Waals surface area contributed by atoms with Crippen LogP contribution in [0.3, 0.4) is 0 Å². The molecule has 3 nitrogen and oxygen atoms in total. The summed E-state index contributed by atoms with van der Waals surface area (Å²) < 4.78 is 5.71. The third-order valence-electron chi connectivity index (χ3n) is 2.91. The van der Waals surface area contributed by atoms with Gasteiger partial charge in [0, 0.05) is 6.42 Å². The van der Waals surface area contributed by atoms with Gasteiger partial charge >= 0.3 is 0 Å². The van der Waals surface area contributed by atoms with Gasteiger partial charge in [0.15, 0.2) is 5.78 Å². The molecule has 0 radical (unpaired) electrons. The van der Waals surface area contributed by atoms with Crippen molar-refractivity contribution in [2.45, 2.75) is 19.8 Å². The largest absolute Gasteiger partial charge is 0.457 e. The van der Waals surface area contributed by atoms with Crippen LogP contribution in [0.2, 0.25) is 0 Å². The van der Waals surface area contributed by atoms with Gasteiger partial charge in [-0.25, -0.2) is 0 Å². The third kappa shape index (κ3) is 3.54. The van der Waals surface area contributed by atoms with Gasteiger partial charge in [0.05, 0.1) is 12.0 Å². The summed E-state index contributed by atoms with van der Waals surface area (Å²) in [4.78, 5) is 23.5. The lowest BCUT2D eigenvalue weighted by Gasteiger charge is -2.10. The summed E-state index contributed by atoms with van der Waals surface area (Å²) in [5.41, 5.74) is 0.443. The molecule has 0 N–H and O–H groups in total. The van der Waals surface area contributed by atoms with Crippen LogP contribution >= 0.6 is 0 Å². The molecule has 0 unspecified atom stereocenters. The fourth-order valence-corrected chi connectivity index (χ4v) is 1.80. The standard InChI is InChI=1S/C17H16O3/c1-2-13(18)12-16(19)15-10-6-7-11-17(15)20-14-8-4-3-5-9-14/h3-11H,2,12H2,1H3. The van der Waals surface area contributed by atoms with Crippen molar-refractivity contribution in [3.63, 3.8) is 0 Å². The van der Waals surface area contributed by atoms with E-state index in [1.54, 1.807) is 31.2 Å². The molecule has 0 atom stereocenters. The van der Waals surface area contributed by atoms with Crippen molar-refractivity contribution >= 4 is 11.6 Å². The van der Waals surface area contributed by atoms with Crippen LogP contribution in [0.5, 0.6) is 11.5 Å². The molecule has 0 aromatic heterocycles. The van der Waals surface area contributed by atoms with Crippen LogP contribution in [0, 0.1) is 0 Å². The van der Waals surface area contributed by atoms with Gasteiger partial charge in [0.2, 0.25) is 0 Å². The quantitative estimate of drug-likeness (QED) is 0.586. The van der Waals surface area contributed by atoms with Crippen LogP contribution in [0.1, 0.15) is 30.1 Å². The van der Waals surface area contributed by atoms with Crippen molar-refractivity contribution in [2.75, 3.05) is 0 Å². The third-order valence-corrected chi connectivity index (χ3v) is 2.91. The van der Waals surface area contributed by atoms with Crippen LogP contribution in [0.4, 0.5) is 0 Å². The maximum absolute atomic E-state index is 12.1. The Morgan fingerprint density at radius 3 is 2.30 bits per heavy atom. The molecule has 2 aromatic rings. The van der Waals surface area contributed by atoms with E-state index in [4.69, 9.17) is 4.74 Å². The van der Waals surface area contributed by atoms with Crippen molar-refractivity contribution < 1.29 is 14.3 Å². The number of carbonyl (C=O) groups excluding carboxylic acids is 2. The first kappa shape index (κ1) is 14.0. The zero-order valence-electron chi connectivity index (χ0n) is 11.3. The first-order valence-corrected chi connectivity index (χ1v) is 6.57. The predicted molar refractivity (Wildman–Crippen MR) is 77.2 cm³/mol. The number of para-hydroxylation sites is 2. The Hall–Kier alpha value is -2.42. The molecular formula is C17H16O3. The topological polar surface area (TPSA) is 43.4 Å². The van der Waals surface area contributed by atoms with E-state index in [2.05, 4.69) is 0 Å². The maximum Gasteiger partial charge on any atom is 0.173 e. The van der Waals surface area contributed by atoms with Crippen molar-refractivity contribution in [2.24, 2.45) is 0 Å². The molecule has 0 bridgehead atoms. The molecule has 0 amide bonds. The highest BCUT2D eigenvalue weighted by Gasteiger charge is 2.15. The van der Waals surface area contributed by atoms with Gasteiger partial charge in [-0.2, -0.15) is 0 Å². The summed E-state index contributed by atoms with van der Waals surface area (Å²) in [6.45, 7) is 1.75. The highest BCUT2D eigenvalue weighted by molar-refractivity contribution is 6.09. The Morgan fingerprint density at radius 2 is 1.60 bits per heavy atom. The van der Waals surface area contributed by atoms with E-state index in [0.29, 0.717) is 23.5 Å². The van der Waals surface area contributed by atoms with Crippen LogP contribution in [0.15, 0.2) is 54.6 Å². The predicted octanol–water partition coefficient (Wildman–Crippen LogP) is 4.03. The van der Waals surface area contributed by atoms with Crippen molar-refractivity contribution in [1.29, 1.82) is 0 Å². The molecule has 2 aromatic carbocycles. The molecule has 20 heavy (non-hydrogen) atoms. The molecule has 0 saturated heterocycles. The van der Waals surface area contributed by atoms with E-state index < -0.39 is 0 Å². The van der Waals surface area contributed by atoms with Crippen molar-refractivity contribution in [3.8, 4) is 11.5 Å². The minimum atomic E-state index is -0.205. The normalized spacial score (nSPS) is 10.1. The van der Waals surface area contributed by atoms with E-state index >= 15 is 0 Å². The second kappa shape index (κ2) is 6.66. The molecule has 0 aliphatic carbocycles. The second-order valence-corrected chi connectivity index (χ2v) is 4.40. The molecular weight excluding hydrogens is 252 g/mol. The smallest absolute Gasteiger partial charge is 0.173 e. The summed E-state index contributed by atoms with van der Waals surface area (Å²) in [6, 6.07) is 16.2. The molecule has 0 aliphatic rings. The SMILES string of the molecule is CCC(=O)CC(=O)c1ccccc1Oc1ccccc1. The van der Waals surface area contributed by atoms with E-state index in [-0.39, 0.29) is 18.0 Å². The average molecular weight is 268 g/mol. The van der Waals surface area contributed by atoms with Crippen LogP contribution in [-0.2, 0) is 4.79 Å². The zero-order chi connectivity index (χ0) is 14.4. The molecule has 3 heteroatoms. The van der Waals surface area contributed by atoms with Gasteiger partial charge < -0.3 is 4.74 Å². The number of ether oxygens (including phenoxy) is 1. The first-order valence-electron chi connectivity index (χ1n) is 6.57. The van der Waals surface area contributed by atoms with Crippen LogP contribution in [-0.4, -0.2) is 11.6 Å². The Bertz CT molecular complexity index is 603. The second-order valence-electron chi connectivity index (χ2n) is 4.40. The van der Waals surface area contributed by atoms with Gasteiger partial charge in [-0.3, -0.25) is 9.59 Å². The van der Waals surface area contributed by atoms with Crippen LogP contribution in [0.25, 0.3) is 0 Å². The van der Waals surface area contributed by atoms with Crippen molar-refractivity contribution in [1.82, 2.24) is 0 Å². The number of Topliss-reactive ketones (excluding diaryl/α,β-unsaturated/α-hetero) is 2. The van der Waals surface area contributed by atoms with Gasteiger partial charge in [0.1, 0.15) is 17.3 Å². The van der Waals surface area contributed by atoms with Crippen molar-refractivity contribution in [3.05, 3.63) is 60.2 Å². The summed E-state index contributed by atoms with van der Waals surface area (Å²) in [5, 5.41) is 0. The highest BCUT2D eigenvalue weighted by atomic mass is 16.5. The number of hydrogen-bond acceptors (Lipinski definition) is 3. The number of carbonyl (C=O) groups is 2. The molecule has 0 spiro atoms. The molecule has 0 aliphatic heterocycles. The Balaban J connectivity index is 2.22. The molecule has 102 valence electrons. The minimum Gasteiger partial charge on any atom is -0.457 e. The summed E-state index contributed by atoms with van der Waals surface area (Å²) in [5.74, 6) is 0.870. The summed E-state index contributed by atoms with van der Waals surface area (Å²) >= 11 is 0. The lowest BCUT2D eigenvalue weighted by atomic mass is 10.0. The number of benzene rings is 2. The minimum absolute atomic E-state index is 0.0653. The summed E-state index contributed by atoms with van der Waals surface area (Å²) in [7, 11) is 0. The van der Waals surface area contributed by atoms with E-state index in [1.165, 1.54) is 0 Å². The lowest BCUT2D eigenvalue weighted by Crippen LogP contribution is -2.08. The monoisotopic (exact) mass is 268 g/mol.